The average molecular weight is 549 g/mol. The van der Waals surface area contributed by atoms with Crippen LogP contribution in [0.1, 0.15) is 65.0 Å². The number of thiophene rings is 1. The number of nitrogens with zero attached hydrogens (tertiary/aromatic N) is 3. The first-order valence-corrected chi connectivity index (χ1v) is 14.0. The van der Waals surface area contributed by atoms with Crippen molar-refractivity contribution in [3.63, 3.8) is 0 Å². The minimum absolute atomic E-state index is 0.127. The van der Waals surface area contributed by atoms with Gasteiger partial charge in [0, 0.05) is 16.9 Å². The molecule has 192 valence electrons. The van der Waals surface area contributed by atoms with Crippen LogP contribution in [0.4, 0.5) is 5.00 Å². The molecule has 0 aliphatic heterocycles. The van der Waals surface area contributed by atoms with Gasteiger partial charge in [0.05, 0.1) is 17.9 Å². The summed E-state index contributed by atoms with van der Waals surface area (Å²) in [5, 5.41) is 13.3. The van der Waals surface area contributed by atoms with Crippen LogP contribution >= 0.6 is 34.7 Å². The Morgan fingerprint density at radius 3 is 2.81 bits per heavy atom. The number of hydrogen-bond acceptors (Lipinski definition) is 8. The van der Waals surface area contributed by atoms with Gasteiger partial charge in [-0.25, -0.2) is 4.79 Å². The Kier molecular flexibility index (Phi) is 8.58. The molecule has 4 rings (SSSR count). The Bertz CT molecular complexity index is 1270. The summed E-state index contributed by atoms with van der Waals surface area (Å²) in [6.45, 7) is 5.90. The molecule has 1 aliphatic carbocycles. The highest BCUT2D eigenvalue weighted by atomic mass is 35.5. The smallest absolute Gasteiger partial charge is 0.341 e. The number of thioether (sulfide) groups is 1. The van der Waals surface area contributed by atoms with E-state index in [1.54, 1.807) is 13.0 Å². The number of aryl methyl sites for hydroxylation is 2. The van der Waals surface area contributed by atoms with Gasteiger partial charge in [-0.2, -0.15) is 0 Å². The number of hydrogen-bond donors (Lipinski definition) is 1. The lowest BCUT2D eigenvalue weighted by molar-refractivity contribution is -0.113. The van der Waals surface area contributed by atoms with E-state index in [9.17, 15) is 9.59 Å². The standard InChI is InChI=1S/C25H29ClN4O4S2/c1-5-33-24(32)21-17-8-6-7-9-19(17)36-23(21)27-20(31)13-35-25-29-28-22(30(25)4)15(3)34-18-11-10-16(26)12-14(18)2/h10-12,15H,5-9,13H2,1-4H3,(H,27,31). The number of anilines is 1. The number of aromatic nitrogens is 3. The number of carbonyl (C=O) groups excluding carboxylic acids is 2. The number of esters is 1. The summed E-state index contributed by atoms with van der Waals surface area (Å²) >= 11 is 8.79. The zero-order chi connectivity index (χ0) is 25.8. The van der Waals surface area contributed by atoms with Crippen molar-refractivity contribution in [1.29, 1.82) is 0 Å². The van der Waals surface area contributed by atoms with E-state index in [0.29, 0.717) is 33.2 Å². The second-order valence-corrected chi connectivity index (χ2v) is 11.0. The molecule has 1 atom stereocenters. The van der Waals surface area contributed by atoms with Crippen LogP contribution in [0.5, 0.6) is 5.75 Å². The molecule has 1 N–H and O–H groups in total. The molecule has 0 fully saturated rings. The summed E-state index contributed by atoms with van der Waals surface area (Å²) in [5.74, 6) is 0.905. The summed E-state index contributed by atoms with van der Waals surface area (Å²) < 4.78 is 13.2. The average Bonchev–Trinajstić information content (AvgIpc) is 3.39. The maximum absolute atomic E-state index is 12.8. The number of rotatable bonds is 9. The van der Waals surface area contributed by atoms with Crippen LogP contribution in [-0.2, 0) is 29.4 Å². The Morgan fingerprint density at radius 1 is 1.28 bits per heavy atom. The summed E-state index contributed by atoms with van der Waals surface area (Å²) in [6, 6.07) is 5.46. The molecular weight excluding hydrogens is 520 g/mol. The van der Waals surface area contributed by atoms with Crippen LogP contribution in [0.2, 0.25) is 5.02 Å². The van der Waals surface area contributed by atoms with Gasteiger partial charge >= 0.3 is 5.97 Å². The van der Waals surface area contributed by atoms with Crippen molar-refractivity contribution < 1.29 is 19.1 Å². The van der Waals surface area contributed by atoms with Crippen molar-refractivity contribution in [2.75, 3.05) is 17.7 Å². The van der Waals surface area contributed by atoms with Gasteiger partial charge < -0.3 is 19.4 Å². The molecule has 3 aromatic rings. The SMILES string of the molecule is CCOC(=O)c1c(NC(=O)CSc2nnc(C(C)Oc3ccc(Cl)cc3C)n2C)sc2c1CCCC2. The third kappa shape index (κ3) is 5.87. The van der Waals surface area contributed by atoms with Crippen molar-refractivity contribution in [2.24, 2.45) is 7.05 Å². The first kappa shape index (κ1) is 26.5. The van der Waals surface area contributed by atoms with Gasteiger partial charge in [-0.3, -0.25) is 4.79 Å². The fourth-order valence-corrected chi connectivity index (χ4v) is 6.40. The Balaban J connectivity index is 1.41. The minimum Gasteiger partial charge on any atom is -0.482 e. The van der Waals surface area contributed by atoms with Crippen molar-refractivity contribution in [3.05, 3.63) is 50.6 Å². The van der Waals surface area contributed by atoms with E-state index in [1.165, 1.54) is 23.1 Å². The highest BCUT2D eigenvalue weighted by Crippen LogP contribution is 2.38. The van der Waals surface area contributed by atoms with E-state index in [2.05, 4.69) is 15.5 Å². The summed E-state index contributed by atoms with van der Waals surface area (Å²) in [5.41, 5.74) is 2.47. The lowest BCUT2D eigenvalue weighted by atomic mass is 9.95. The van der Waals surface area contributed by atoms with Crippen molar-refractivity contribution >= 4 is 51.6 Å². The molecule has 2 heterocycles. The second-order valence-electron chi connectivity index (χ2n) is 8.54. The first-order valence-electron chi connectivity index (χ1n) is 11.8. The van der Waals surface area contributed by atoms with E-state index >= 15 is 0 Å². The topological polar surface area (TPSA) is 95.3 Å². The molecule has 1 aromatic carbocycles. The fraction of sp³-hybridized carbons (Fsp3) is 0.440. The predicted molar refractivity (Wildman–Crippen MR) is 143 cm³/mol. The molecule has 1 unspecified atom stereocenters. The zero-order valence-electron chi connectivity index (χ0n) is 20.7. The summed E-state index contributed by atoms with van der Waals surface area (Å²) in [7, 11) is 1.84. The highest BCUT2D eigenvalue weighted by Gasteiger charge is 2.27. The van der Waals surface area contributed by atoms with Gasteiger partial charge in [0.1, 0.15) is 10.8 Å². The van der Waals surface area contributed by atoms with Gasteiger partial charge in [0.15, 0.2) is 17.1 Å². The third-order valence-electron chi connectivity index (χ3n) is 5.91. The van der Waals surface area contributed by atoms with E-state index in [4.69, 9.17) is 21.1 Å². The molecule has 0 radical (unpaired) electrons. The van der Waals surface area contributed by atoms with Gasteiger partial charge in [0.2, 0.25) is 5.91 Å². The number of nitrogens with one attached hydrogen (secondary N) is 1. The molecule has 1 aliphatic rings. The lowest BCUT2D eigenvalue weighted by Crippen LogP contribution is -2.17. The molecule has 2 aromatic heterocycles. The van der Waals surface area contributed by atoms with Crippen LogP contribution in [0.25, 0.3) is 0 Å². The lowest BCUT2D eigenvalue weighted by Gasteiger charge is -2.16. The van der Waals surface area contributed by atoms with Crippen LogP contribution in [-0.4, -0.2) is 39.0 Å². The van der Waals surface area contributed by atoms with Crippen molar-refractivity contribution in [3.8, 4) is 5.75 Å². The van der Waals surface area contributed by atoms with Crippen molar-refractivity contribution in [1.82, 2.24) is 14.8 Å². The second kappa shape index (κ2) is 11.7. The maximum Gasteiger partial charge on any atom is 0.341 e. The number of halogens is 1. The molecule has 8 nitrogen and oxygen atoms in total. The fourth-order valence-electron chi connectivity index (χ4n) is 4.16. The monoisotopic (exact) mass is 548 g/mol. The maximum atomic E-state index is 12.8. The van der Waals surface area contributed by atoms with Gasteiger partial charge in [-0.15, -0.1) is 21.5 Å². The molecule has 1 amide bonds. The zero-order valence-corrected chi connectivity index (χ0v) is 23.1. The van der Waals surface area contributed by atoms with E-state index in [-0.39, 0.29) is 23.7 Å². The van der Waals surface area contributed by atoms with Crippen LogP contribution < -0.4 is 10.1 Å². The Hall–Kier alpha value is -2.56. The normalized spacial score (nSPS) is 13.7. The Morgan fingerprint density at radius 2 is 2.06 bits per heavy atom. The highest BCUT2D eigenvalue weighted by molar-refractivity contribution is 7.99. The van der Waals surface area contributed by atoms with Gasteiger partial charge in [0.25, 0.3) is 0 Å². The van der Waals surface area contributed by atoms with E-state index in [1.807, 2.05) is 37.6 Å². The summed E-state index contributed by atoms with van der Waals surface area (Å²) in [4.78, 5) is 26.6. The van der Waals surface area contributed by atoms with Gasteiger partial charge in [-0.1, -0.05) is 23.4 Å². The molecule has 0 spiro atoms. The Labute approximate surface area is 223 Å². The molecule has 0 bridgehead atoms. The molecule has 0 saturated heterocycles. The van der Waals surface area contributed by atoms with Gasteiger partial charge in [-0.05, 0) is 75.8 Å². The largest absolute Gasteiger partial charge is 0.482 e. The van der Waals surface area contributed by atoms with E-state index < -0.39 is 0 Å². The molecular formula is C25H29ClN4O4S2. The number of benzene rings is 1. The molecule has 0 saturated carbocycles. The van der Waals surface area contributed by atoms with Crippen LogP contribution in [0, 0.1) is 6.92 Å². The van der Waals surface area contributed by atoms with Crippen molar-refractivity contribution in [2.45, 2.75) is 57.7 Å². The molecule has 36 heavy (non-hydrogen) atoms. The predicted octanol–water partition coefficient (Wildman–Crippen LogP) is 5.76. The third-order valence-corrected chi connectivity index (χ3v) is 8.37. The number of carbonyl (C=O) groups is 2. The number of fused-ring (bicyclic) bond motifs is 1. The first-order chi connectivity index (χ1) is 17.3. The number of ether oxygens (including phenoxy) is 2. The summed E-state index contributed by atoms with van der Waals surface area (Å²) in [6.07, 6.45) is 3.53. The molecule has 11 heteroatoms. The number of amides is 1. The quantitative estimate of drug-likeness (QED) is 0.268. The van der Waals surface area contributed by atoms with Crippen LogP contribution in [0.15, 0.2) is 23.4 Å². The minimum atomic E-state index is -0.372. The van der Waals surface area contributed by atoms with E-state index in [0.717, 1.165) is 47.4 Å². The van der Waals surface area contributed by atoms with Crippen LogP contribution in [0.3, 0.4) is 0 Å².